The number of fused-ring (bicyclic) bond motifs is 4. The molecule has 6 atom stereocenters. The first-order valence-electron chi connectivity index (χ1n) is 10.3. The lowest BCUT2D eigenvalue weighted by atomic mass is 9.54. The van der Waals surface area contributed by atoms with Gasteiger partial charge in [-0.25, -0.2) is 0 Å². The lowest BCUT2D eigenvalue weighted by molar-refractivity contribution is -0.105. The lowest BCUT2D eigenvalue weighted by Gasteiger charge is -2.60. The van der Waals surface area contributed by atoms with E-state index in [0.717, 1.165) is 43.6 Å². The number of H-pyrrole nitrogens is 1. The zero-order valence-electron chi connectivity index (χ0n) is 16.2. The standard InChI is InChI=1S/C22H30N2O3/c1-13(26)22-11-14-9-15(6-8-25)21(22)24(12-14)7-5-17-18-10-16(27-2)3-4-19(18)23-20(17)22/h3-4,10,13-15,21,23,25-26H,5-9,11-12H2,1-2H3/t13?,14-,15?,21?,22?/m0/s1. The first-order chi connectivity index (χ1) is 13.1. The Morgan fingerprint density at radius 3 is 3.00 bits per heavy atom. The normalized spacial score (nSPS) is 35.7. The van der Waals surface area contributed by atoms with Crippen molar-refractivity contribution in [1.82, 2.24) is 9.88 Å². The highest BCUT2D eigenvalue weighted by molar-refractivity contribution is 5.87. The second kappa shape index (κ2) is 6.23. The number of hydrogen-bond acceptors (Lipinski definition) is 4. The van der Waals surface area contributed by atoms with E-state index in [1.807, 2.05) is 13.0 Å². The van der Waals surface area contributed by atoms with Crippen LogP contribution in [0.5, 0.6) is 5.75 Å². The molecule has 2 aromatic rings. The van der Waals surface area contributed by atoms with Crippen LogP contribution in [0.2, 0.25) is 0 Å². The van der Waals surface area contributed by atoms with Crippen molar-refractivity contribution in [3.05, 3.63) is 29.5 Å². The van der Waals surface area contributed by atoms with Gasteiger partial charge in [0, 0.05) is 42.3 Å². The molecule has 4 bridgehead atoms. The Morgan fingerprint density at radius 1 is 1.41 bits per heavy atom. The average Bonchev–Trinajstić information content (AvgIpc) is 2.99. The van der Waals surface area contributed by atoms with Gasteiger partial charge < -0.3 is 19.9 Å². The van der Waals surface area contributed by atoms with Gasteiger partial charge in [-0.1, -0.05) is 0 Å². The number of hydrogen-bond donors (Lipinski definition) is 3. The molecule has 2 saturated heterocycles. The van der Waals surface area contributed by atoms with Gasteiger partial charge in [-0.05, 0) is 68.2 Å². The molecule has 1 aromatic heterocycles. The molecule has 5 unspecified atom stereocenters. The second-order valence-corrected chi connectivity index (χ2v) is 8.87. The summed E-state index contributed by atoms with van der Waals surface area (Å²) in [5.74, 6) is 1.92. The molecule has 1 aliphatic carbocycles. The minimum Gasteiger partial charge on any atom is -0.497 e. The third-order valence-electron chi connectivity index (χ3n) is 7.60. The average molecular weight is 370 g/mol. The molecule has 3 N–H and O–H groups in total. The predicted molar refractivity (Wildman–Crippen MR) is 105 cm³/mol. The summed E-state index contributed by atoms with van der Waals surface area (Å²) >= 11 is 0. The van der Waals surface area contributed by atoms with Gasteiger partial charge in [0.2, 0.25) is 0 Å². The molecule has 146 valence electrons. The van der Waals surface area contributed by atoms with Crippen molar-refractivity contribution >= 4 is 10.9 Å². The highest BCUT2D eigenvalue weighted by Gasteiger charge is 2.60. The van der Waals surface area contributed by atoms with Crippen molar-refractivity contribution in [1.29, 1.82) is 0 Å². The fourth-order valence-electron chi connectivity index (χ4n) is 6.68. The summed E-state index contributed by atoms with van der Waals surface area (Å²) in [7, 11) is 1.71. The SMILES string of the molecule is COc1ccc2[nH]c3c(c2c1)CCN1C[C@H]2CC(CCO)C1C3(C(C)O)C2. The number of aliphatic hydroxyl groups is 2. The summed E-state index contributed by atoms with van der Waals surface area (Å²) in [6.45, 7) is 4.35. The van der Waals surface area contributed by atoms with E-state index in [4.69, 9.17) is 4.74 Å². The summed E-state index contributed by atoms with van der Waals surface area (Å²) in [4.78, 5) is 6.34. The maximum absolute atomic E-state index is 11.2. The summed E-state index contributed by atoms with van der Waals surface area (Å²) in [5, 5.41) is 22.0. The number of ether oxygens (including phenoxy) is 1. The largest absolute Gasteiger partial charge is 0.497 e. The maximum Gasteiger partial charge on any atom is 0.119 e. The molecule has 6 rings (SSSR count). The molecule has 27 heavy (non-hydrogen) atoms. The van der Waals surface area contributed by atoms with E-state index in [0.29, 0.717) is 17.9 Å². The van der Waals surface area contributed by atoms with Crippen LogP contribution in [-0.2, 0) is 11.8 Å². The van der Waals surface area contributed by atoms with Crippen molar-refractivity contribution < 1.29 is 14.9 Å². The van der Waals surface area contributed by atoms with Gasteiger partial charge >= 0.3 is 0 Å². The number of piperidine rings is 2. The Balaban J connectivity index is 1.74. The van der Waals surface area contributed by atoms with Crippen molar-refractivity contribution in [3.63, 3.8) is 0 Å². The van der Waals surface area contributed by atoms with E-state index < -0.39 is 6.10 Å². The Kier molecular flexibility index (Phi) is 4.04. The van der Waals surface area contributed by atoms with Crippen molar-refractivity contribution in [2.45, 2.75) is 50.2 Å². The van der Waals surface area contributed by atoms with E-state index >= 15 is 0 Å². The molecule has 4 aliphatic rings. The number of nitrogens with zero attached hydrogens (tertiary/aromatic N) is 1. The Bertz CT molecular complexity index is 861. The van der Waals surface area contributed by atoms with E-state index in [1.165, 1.54) is 23.1 Å². The van der Waals surface area contributed by atoms with Gasteiger partial charge in [0.15, 0.2) is 0 Å². The zero-order chi connectivity index (χ0) is 18.8. The highest BCUT2D eigenvalue weighted by Crippen LogP contribution is 2.56. The van der Waals surface area contributed by atoms with Gasteiger partial charge in [-0.3, -0.25) is 4.90 Å². The number of rotatable bonds is 4. The molecule has 5 heteroatoms. The minimum absolute atomic E-state index is 0.231. The molecule has 0 spiro atoms. The van der Waals surface area contributed by atoms with Crippen LogP contribution in [0.15, 0.2) is 18.2 Å². The topological polar surface area (TPSA) is 68.7 Å². The monoisotopic (exact) mass is 370 g/mol. The first-order valence-corrected chi connectivity index (χ1v) is 10.3. The molecular weight excluding hydrogens is 340 g/mol. The van der Waals surface area contributed by atoms with Crippen LogP contribution >= 0.6 is 0 Å². The Morgan fingerprint density at radius 2 is 2.26 bits per heavy atom. The Hall–Kier alpha value is -1.56. The third kappa shape index (κ3) is 2.35. The number of aromatic amines is 1. The molecule has 1 aromatic carbocycles. The number of methoxy groups -OCH3 is 1. The first kappa shape index (κ1) is 17.5. The van der Waals surface area contributed by atoms with Gasteiger partial charge in [0.05, 0.1) is 18.6 Å². The number of nitrogens with one attached hydrogen (secondary N) is 1. The lowest BCUT2D eigenvalue weighted by Crippen LogP contribution is -2.67. The summed E-state index contributed by atoms with van der Waals surface area (Å²) in [5.41, 5.74) is 3.44. The number of aromatic nitrogens is 1. The Labute approximate surface area is 160 Å². The molecule has 0 radical (unpaired) electrons. The minimum atomic E-state index is -0.430. The van der Waals surface area contributed by atoms with E-state index in [1.54, 1.807) is 7.11 Å². The molecule has 5 nitrogen and oxygen atoms in total. The quantitative estimate of drug-likeness (QED) is 0.773. The second-order valence-electron chi connectivity index (χ2n) is 8.87. The van der Waals surface area contributed by atoms with Crippen molar-refractivity contribution in [2.24, 2.45) is 11.8 Å². The van der Waals surface area contributed by atoms with E-state index in [-0.39, 0.29) is 12.0 Å². The fourth-order valence-corrected chi connectivity index (χ4v) is 6.68. The van der Waals surface area contributed by atoms with Gasteiger partial charge in [-0.15, -0.1) is 0 Å². The van der Waals surface area contributed by atoms with Crippen LogP contribution in [0.4, 0.5) is 0 Å². The zero-order valence-corrected chi connectivity index (χ0v) is 16.2. The molecule has 1 saturated carbocycles. The molecule has 0 amide bonds. The third-order valence-corrected chi connectivity index (χ3v) is 7.60. The number of benzene rings is 1. The summed E-state index contributed by atoms with van der Waals surface area (Å²) in [6.07, 6.45) is 3.60. The van der Waals surface area contributed by atoms with Crippen LogP contribution < -0.4 is 4.74 Å². The van der Waals surface area contributed by atoms with Crippen LogP contribution in [0.1, 0.15) is 37.4 Å². The van der Waals surface area contributed by atoms with Gasteiger partial charge in [0.25, 0.3) is 0 Å². The van der Waals surface area contributed by atoms with E-state index in [2.05, 4.69) is 22.0 Å². The van der Waals surface area contributed by atoms with Gasteiger partial charge in [-0.2, -0.15) is 0 Å². The smallest absolute Gasteiger partial charge is 0.119 e. The molecule has 3 aliphatic heterocycles. The van der Waals surface area contributed by atoms with Crippen LogP contribution in [0.25, 0.3) is 10.9 Å². The molecule has 3 fully saturated rings. The molecule has 4 heterocycles. The van der Waals surface area contributed by atoms with Crippen molar-refractivity contribution in [3.8, 4) is 5.75 Å². The van der Waals surface area contributed by atoms with Crippen LogP contribution in [-0.4, -0.2) is 59.0 Å². The maximum atomic E-state index is 11.2. The van der Waals surface area contributed by atoms with Crippen LogP contribution in [0.3, 0.4) is 0 Å². The highest BCUT2D eigenvalue weighted by atomic mass is 16.5. The summed E-state index contributed by atoms with van der Waals surface area (Å²) < 4.78 is 5.47. The number of aliphatic hydroxyl groups excluding tert-OH is 2. The van der Waals surface area contributed by atoms with Crippen molar-refractivity contribution in [2.75, 3.05) is 26.8 Å². The van der Waals surface area contributed by atoms with Crippen LogP contribution in [0, 0.1) is 11.8 Å². The summed E-state index contributed by atoms with van der Waals surface area (Å²) in [6, 6.07) is 6.53. The van der Waals surface area contributed by atoms with Gasteiger partial charge in [0.1, 0.15) is 5.75 Å². The fraction of sp³-hybridized carbons (Fsp3) is 0.636. The van der Waals surface area contributed by atoms with E-state index in [9.17, 15) is 10.2 Å². The molecular formula is C22H30N2O3. The predicted octanol–water partition coefficient (Wildman–Crippen LogP) is 2.44.